The SMILES string of the molecule is CC1(C)CC(=O)C(S(=O)(=O)c2ccccc2)CN1. The smallest absolute Gasteiger partial charge is 0.189 e. The molecule has 1 fully saturated rings. The molecule has 1 saturated heterocycles. The number of sulfone groups is 1. The van der Waals surface area contributed by atoms with Crippen molar-refractivity contribution in [2.45, 2.75) is 36.0 Å². The second-order valence-electron chi connectivity index (χ2n) is 5.25. The topological polar surface area (TPSA) is 63.2 Å². The number of piperidine rings is 1. The van der Waals surface area contributed by atoms with Crippen LogP contribution in [0.25, 0.3) is 0 Å². The second kappa shape index (κ2) is 4.48. The zero-order valence-corrected chi connectivity index (χ0v) is 11.3. The molecule has 1 N–H and O–H groups in total. The number of carbonyl (C=O) groups is 1. The van der Waals surface area contributed by atoms with E-state index < -0.39 is 15.1 Å². The van der Waals surface area contributed by atoms with Gasteiger partial charge < -0.3 is 5.32 Å². The molecule has 0 aliphatic carbocycles. The van der Waals surface area contributed by atoms with Crippen LogP contribution in [0.3, 0.4) is 0 Å². The van der Waals surface area contributed by atoms with Crippen LogP contribution < -0.4 is 5.32 Å². The summed E-state index contributed by atoms with van der Waals surface area (Å²) in [5, 5.41) is 2.15. The first-order valence-electron chi connectivity index (χ1n) is 5.90. The van der Waals surface area contributed by atoms with Crippen molar-refractivity contribution < 1.29 is 13.2 Å². The summed E-state index contributed by atoms with van der Waals surface area (Å²) in [4.78, 5) is 12.2. The Morgan fingerprint density at radius 3 is 2.39 bits per heavy atom. The predicted molar refractivity (Wildman–Crippen MR) is 69.1 cm³/mol. The fraction of sp³-hybridized carbons (Fsp3) is 0.462. The molecule has 98 valence electrons. The summed E-state index contributed by atoms with van der Waals surface area (Å²) in [5.74, 6) is -0.206. The molecule has 1 aromatic rings. The lowest BCUT2D eigenvalue weighted by Crippen LogP contribution is -2.55. The Morgan fingerprint density at radius 1 is 1.22 bits per heavy atom. The summed E-state index contributed by atoms with van der Waals surface area (Å²) in [6.07, 6.45) is 0.240. The first-order chi connectivity index (χ1) is 8.33. The van der Waals surface area contributed by atoms with Crippen LogP contribution in [0.4, 0.5) is 0 Å². The molecule has 1 aliphatic heterocycles. The fourth-order valence-electron chi connectivity index (χ4n) is 2.15. The molecule has 4 nitrogen and oxygen atoms in total. The Morgan fingerprint density at radius 2 is 1.83 bits per heavy atom. The first-order valence-corrected chi connectivity index (χ1v) is 7.44. The van der Waals surface area contributed by atoms with Crippen molar-refractivity contribution >= 4 is 15.6 Å². The van der Waals surface area contributed by atoms with Gasteiger partial charge in [-0.2, -0.15) is 0 Å². The average molecular weight is 267 g/mol. The fourth-order valence-corrected chi connectivity index (χ4v) is 3.75. The molecule has 1 unspecified atom stereocenters. The van der Waals surface area contributed by atoms with E-state index in [2.05, 4.69) is 5.32 Å². The minimum Gasteiger partial charge on any atom is -0.310 e. The molecule has 0 aromatic heterocycles. The van der Waals surface area contributed by atoms with Gasteiger partial charge in [0.2, 0.25) is 0 Å². The van der Waals surface area contributed by atoms with E-state index in [1.807, 2.05) is 13.8 Å². The van der Waals surface area contributed by atoms with Gasteiger partial charge in [0, 0.05) is 18.5 Å². The van der Waals surface area contributed by atoms with Gasteiger partial charge in [-0.15, -0.1) is 0 Å². The summed E-state index contributed by atoms with van der Waals surface area (Å²) in [5.41, 5.74) is -0.320. The number of rotatable bonds is 2. The molecule has 0 amide bonds. The Hall–Kier alpha value is -1.20. The average Bonchev–Trinajstić information content (AvgIpc) is 2.28. The standard InChI is InChI=1S/C13H17NO3S/c1-13(2)8-11(15)12(9-14-13)18(16,17)10-6-4-3-5-7-10/h3-7,12,14H,8-9H2,1-2H3. The lowest BCUT2D eigenvalue weighted by molar-refractivity contribution is -0.121. The van der Waals surface area contributed by atoms with Crippen molar-refractivity contribution in [2.24, 2.45) is 0 Å². The number of hydrogen-bond donors (Lipinski definition) is 1. The van der Waals surface area contributed by atoms with Crippen LogP contribution in [-0.2, 0) is 14.6 Å². The van der Waals surface area contributed by atoms with Gasteiger partial charge in [0.05, 0.1) is 4.90 Å². The van der Waals surface area contributed by atoms with E-state index in [0.717, 1.165) is 0 Å². The van der Waals surface area contributed by atoms with Crippen LogP contribution in [0.1, 0.15) is 20.3 Å². The first kappa shape index (κ1) is 13.2. The molecular formula is C13H17NO3S. The Bertz CT molecular complexity index is 549. The predicted octanol–water partition coefficient (Wildman–Crippen LogP) is 1.17. The van der Waals surface area contributed by atoms with Crippen LogP contribution >= 0.6 is 0 Å². The highest BCUT2D eigenvalue weighted by Gasteiger charge is 2.40. The molecular weight excluding hydrogens is 250 g/mol. The van der Waals surface area contributed by atoms with Crippen molar-refractivity contribution in [3.05, 3.63) is 30.3 Å². The molecule has 0 saturated carbocycles. The van der Waals surface area contributed by atoms with Crippen molar-refractivity contribution in [3.8, 4) is 0 Å². The van der Waals surface area contributed by atoms with Gasteiger partial charge in [0.25, 0.3) is 0 Å². The molecule has 0 spiro atoms. The second-order valence-corrected chi connectivity index (χ2v) is 7.39. The van der Waals surface area contributed by atoms with Gasteiger partial charge in [-0.3, -0.25) is 4.79 Å². The summed E-state index contributed by atoms with van der Waals surface area (Å²) >= 11 is 0. The summed E-state index contributed by atoms with van der Waals surface area (Å²) in [6.45, 7) is 3.98. The molecule has 1 heterocycles. The summed E-state index contributed by atoms with van der Waals surface area (Å²) in [6, 6.07) is 8.14. The minimum absolute atomic E-state index is 0.184. The number of hydrogen-bond acceptors (Lipinski definition) is 4. The highest BCUT2D eigenvalue weighted by Crippen LogP contribution is 2.23. The number of Topliss-reactive ketones (excluding diaryl/α,β-unsaturated/α-hetero) is 1. The monoisotopic (exact) mass is 267 g/mol. The highest BCUT2D eigenvalue weighted by atomic mass is 32.2. The zero-order chi connectivity index (χ0) is 13.4. The van der Waals surface area contributed by atoms with E-state index >= 15 is 0 Å². The molecule has 1 aliphatic rings. The van der Waals surface area contributed by atoms with E-state index in [-0.39, 0.29) is 29.2 Å². The summed E-state index contributed by atoms with van der Waals surface area (Å²) in [7, 11) is -3.57. The molecule has 5 heteroatoms. The van der Waals surface area contributed by atoms with Crippen LogP contribution in [0.5, 0.6) is 0 Å². The van der Waals surface area contributed by atoms with Crippen LogP contribution in [0.2, 0.25) is 0 Å². The van der Waals surface area contributed by atoms with E-state index in [9.17, 15) is 13.2 Å². The quantitative estimate of drug-likeness (QED) is 0.873. The van der Waals surface area contributed by atoms with E-state index in [1.54, 1.807) is 18.2 Å². The molecule has 0 radical (unpaired) electrons. The van der Waals surface area contributed by atoms with Crippen molar-refractivity contribution in [2.75, 3.05) is 6.54 Å². The van der Waals surface area contributed by atoms with E-state index in [1.165, 1.54) is 12.1 Å². The van der Waals surface area contributed by atoms with Crippen LogP contribution in [-0.4, -0.2) is 31.5 Å². The number of benzene rings is 1. The molecule has 1 aromatic carbocycles. The van der Waals surface area contributed by atoms with Gasteiger partial charge in [-0.25, -0.2) is 8.42 Å². The van der Waals surface area contributed by atoms with E-state index in [0.29, 0.717) is 0 Å². The Kier molecular flexibility index (Phi) is 3.29. The third-order valence-electron chi connectivity index (χ3n) is 3.19. The van der Waals surface area contributed by atoms with Gasteiger partial charge in [0.15, 0.2) is 15.6 Å². The Labute approximate surface area is 107 Å². The largest absolute Gasteiger partial charge is 0.310 e. The lowest BCUT2D eigenvalue weighted by Gasteiger charge is -2.34. The van der Waals surface area contributed by atoms with Gasteiger partial charge in [0.1, 0.15) is 5.25 Å². The van der Waals surface area contributed by atoms with Crippen molar-refractivity contribution in [1.82, 2.24) is 5.32 Å². The number of nitrogens with one attached hydrogen (secondary N) is 1. The third-order valence-corrected chi connectivity index (χ3v) is 5.30. The minimum atomic E-state index is -3.57. The lowest BCUT2D eigenvalue weighted by atomic mass is 9.92. The summed E-state index contributed by atoms with van der Waals surface area (Å²) < 4.78 is 24.7. The maximum absolute atomic E-state index is 12.3. The normalized spacial score (nSPS) is 23.9. The van der Waals surface area contributed by atoms with Gasteiger partial charge in [-0.05, 0) is 26.0 Å². The van der Waals surface area contributed by atoms with E-state index in [4.69, 9.17) is 0 Å². The zero-order valence-electron chi connectivity index (χ0n) is 10.5. The van der Waals surface area contributed by atoms with Gasteiger partial charge >= 0.3 is 0 Å². The Balaban J connectivity index is 2.30. The highest BCUT2D eigenvalue weighted by molar-refractivity contribution is 7.92. The maximum atomic E-state index is 12.3. The van der Waals surface area contributed by atoms with Gasteiger partial charge in [-0.1, -0.05) is 18.2 Å². The van der Waals surface area contributed by atoms with Crippen LogP contribution in [0.15, 0.2) is 35.2 Å². The van der Waals surface area contributed by atoms with Crippen molar-refractivity contribution in [1.29, 1.82) is 0 Å². The number of carbonyl (C=O) groups excluding carboxylic acids is 1. The molecule has 1 atom stereocenters. The molecule has 0 bridgehead atoms. The number of ketones is 1. The van der Waals surface area contributed by atoms with Crippen LogP contribution in [0, 0.1) is 0 Å². The van der Waals surface area contributed by atoms with Crippen molar-refractivity contribution in [3.63, 3.8) is 0 Å². The maximum Gasteiger partial charge on any atom is 0.189 e. The molecule has 18 heavy (non-hydrogen) atoms. The third kappa shape index (κ3) is 2.47. The molecule has 2 rings (SSSR count).